The van der Waals surface area contributed by atoms with E-state index in [-0.39, 0.29) is 18.4 Å². The molecule has 0 spiro atoms. The molecule has 3 rings (SSSR count). The van der Waals surface area contributed by atoms with Gasteiger partial charge in [-0.1, -0.05) is 0 Å². The van der Waals surface area contributed by atoms with E-state index in [4.69, 9.17) is 5.11 Å². The van der Waals surface area contributed by atoms with E-state index in [0.717, 1.165) is 32.5 Å². The van der Waals surface area contributed by atoms with Gasteiger partial charge in [-0.3, -0.25) is 9.59 Å². The van der Waals surface area contributed by atoms with E-state index < -0.39 is 11.4 Å². The van der Waals surface area contributed by atoms with E-state index in [1.807, 2.05) is 0 Å². The molecule has 5 heteroatoms. The number of carboxylic acids is 1. The van der Waals surface area contributed by atoms with E-state index >= 15 is 0 Å². The Bertz CT molecular complexity index is 346. The summed E-state index contributed by atoms with van der Waals surface area (Å²) >= 11 is 0. The summed E-state index contributed by atoms with van der Waals surface area (Å²) in [5, 5.41) is 12.0. The zero-order valence-corrected chi connectivity index (χ0v) is 11.1. The van der Waals surface area contributed by atoms with Crippen LogP contribution in [0, 0.1) is 11.3 Å². The Hall–Kier alpha value is -1.10. The molecule has 0 radical (unpaired) electrons. The number of fused-ring (bicyclic) bond motifs is 3. The van der Waals surface area contributed by atoms with Gasteiger partial charge in [-0.15, -0.1) is 0 Å². The Kier molecular flexibility index (Phi) is 3.61. The summed E-state index contributed by atoms with van der Waals surface area (Å²) in [5.74, 6) is -0.486. The number of hydrogen-bond donors (Lipinski definition) is 2. The Morgan fingerprint density at radius 2 is 1.94 bits per heavy atom. The highest BCUT2D eigenvalue weighted by Crippen LogP contribution is 2.28. The molecule has 1 atom stereocenters. The van der Waals surface area contributed by atoms with Crippen molar-refractivity contribution >= 4 is 11.9 Å². The van der Waals surface area contributed by atoms with Gasteiger partial charge in [0.25, 0.3) is 0 Å². The molecule has 0 aliphatic carbocycles. The molecule has 102 valence electrons. The van der Waals surface area contributed by atoms with Gasteiger partial charge in [-0.25, -0.2) is 0 Å². The fourth-order valence-electron chi connectivity index (χ4n) is 2.86. The number of carbonyl (C=O) groups excluding carboxylic acids is 1. The second-order valence-corrected chi connectivity index (χ2v) is 6.18. The van der Waals surface area contributed by atoms with Crippen LogP contribution in [0.5, 0.6) is 0 Å². The van der Waals surface area contributed by atoms with E-state index in [0.29, 0.717) is 5.92 Å². The SMILES string of the molecule is CC(C)(CC(=O)NC1CN2CCC1CC2)C(=O)O. The first-order valence-corrected chi connectivity index (χ1v) is 6.63. The molecule has 3 saturated heterocycles. The van der Waals surface area contributed by atoms with Crippen molar-refractivity contribution in [2.24, 2.45) is 11.3 Å². The number of hydrogen-bond acceptors (Lipinski definition) is 3. The zero-order valence-electron chi connectivity index (χ0n) is 11.1. The van der Waals surface area contributed by atoms with Gasteiger partial charge in [0.2, 0.25) is 5.91 Å². The lowest BCUT2D eigenvalue weighted by Gasteiger charge is -2.45. The highest BCUT2D eigenvalue weighted by molar-refractivity contribution is 5.84. The van der Waals surface area contributed by atoms with Crippen molar-refractivity contribution in [2.75, 3.05) is 19.6 Å². The van der Waals surface area contributed by atoms with Crippen molar-refractivity contribution in [3.63, 3.8) is 0 Å². The molecule has 0 aromatic carbocycles. The number of piperidine rings is 3. The maximum absolute atomic E-state index is 11.9. The average molecular weight is 254 g/mol. The quantitative estimate of drug-likeness (QED) is 0.774. The second kappa shape index (κ2) is 4.88. The first-order chi connectivity index (χ1) is 8.38. The van der Waals surface area contributed by atoms with Crippen LogP contribution in [0.2, 0.25) is 0 Å². The zero-order chi connectivity index (χ0) is 13.3. The number of nitrogens with zero attached hydrogens (tertiary/aromatic N) is 1. The molecule has 1 amide bonds. The van der Waals surface area contributed by atoms with Crippen LogP contribution < -0.4 is 5.32 Å². The summed E-state index contributed by atoms with van der Waals surface area (Å²) in [5.41, 5.74) is -0.988. The van der Waals surface area contributed by atoms with Gasteiger partial charge in [-0.2, -0.15) is 0 Å². The molecular formula is C13H22N2O3. The van der Waals surface area contributed by atoms with Crippen molar-refractivity contribution in [1.82, 2.24) is 10.2 Å². The van der Waals surface area contributed by atoms with Gasteiger partial charge in [0, 0.05) is 19.0 Å². The minimum atomic E-state index is -0.988. The van der Waals surface area contributed by atoms with Crippen molar-refractivity contribution in [3.8, 4) is 0 Å². The molecule has 3 fully saturated rings. The van der Waals surface area contributed by atoms with E-state index in [1.165, 1.54) is 0 Å². The van der Waals surface area contributed by atoms with Crippen LogP contribution in [-0.2, 0) is 9.59 Å². The lowest BCUT2D eigenvalue weighted by molar-refractivity contribution is -0.149. The first-order valence-electron chi connectivity index (χ1n) is 6.63. The van der Waals surface area contributed by atoms with Gasteiger partial charge in [0.05, 0.1) is 5.41 Å². The third kappa shape index (κ3) is 2.83. The van der Waals surface area contributed by atoms with Gasteiger partial charge < -0.3 is 15.3 Å². The lowest BCUT2D eigenvalue weighted by Crippen LogP contribution is -2.57. The molecule has 0 aromatic heterocycles. The molecule has 1 unspecified atom stereocenters. The van der Waals surface area contributed by atoms with E-state index in [2.05, 4.69) is 10.2 Å². The highest BCUT2D eigenvalue weighted by atomic mass is 16.4. The van der Waals surface area contributed by atoms with Crippen molar-refractivity contribution < 1.29 is 14.7 Å². The molecule has 3 heterocycles. The largest absolute Gasteiger partial charge is 0.481 e. The van der Waals surface area contributed by atoms with Crippen LogP contribution in [0.15, 0.2) is 0 Å². The number of rotatable bonds is 4. The van der Waals surface area contributed by atoms with E-state index in [9.17, 15) is 9.59 Å². The minimum Gasteiger partial charge on any atom is -0.481 e. The van der Waals surface area contributed by atoms with Crippen LogP contribution in [0.3, 0.4) is 0 Å². The summed E-state index contributed by atoms with van der Waals surface area (Å²) in [6.07, 6.45) is 2.34. The maximum Gasteiger partial charge on any atom is 0.309 e. The third-order valence-electron chi connectivity index (χ3n) is 4.18. The molecule has 2 bridgehead atoms. The highest BCUT2D eigenvalue weighted by Gasteiger charge is 2.36. The molecule has 3 aliphatic heterocycles. The first kappa shape index (κ1) is 13.3. The number of nitrogens with one attached hydrogen (secondary N) is 1. The number of carboxylic acid groups (broad SMARTS) is 1. The number of carbonyl (C=O) groups is 2. The van der Waals surface area contributed by atoms with Crippen LogP contribution in [0.4, 0.5) is 0 Å². The molecule has 5 nitrogen and oxygen atoms in total. The minimum absolute atomic E-state index is 0.0472. The van der Waals surface area contributed by atoms with Crippen LogP contribution >= 0.6 is 0 Å². The number of aliphatic carboxylic acids is 1. The predicted octanol–water partition coefficient (Wildman–Crippen LogP) is 0.698. The summed E-state index contributed by atoms with van der Waals surface area (Å²) in [6, 6.07) is 0.213. The third-order valence-corrected chi connectivity index (χ3v) is 4.18. The van der Waals surface area contributed by atoms with Gasteiger partial charge in [0.1, 0.15) is 0 Å². The van der Waals surface area contributed by atoms with Gasteiger partial charge in [-0.05, 0) is 45.7 Å². The Morgan fingerprint density at radius 3 is 2.39 bits per heavy atom. The van der Waals surface area contributed by atoms with Crippen molar-refractivity contribution in [2.45, 2.75) is 39.2 Å². The Morgan fingerprint density at radius 1 is 1.33 bits per heavy atom. The average Bonchev–Trinajstić information content (AvgIpc) is 2.29. The molecule has 0 aromatic rings. The van der Waals surface area contributed by atoms with Crippen LogP contribution in [0.25, 0.3) is 0 Å². The smallest absolute Gasteiger partial charge is 0.309 e. The topological polar surface area (TPSA) is 69.6 Å². The molecular weight excluding hydrogens is 232 g/mol. The van der Waals surface area contributed by atoms with Gasteiger partial charge >= 0.3 is 5.97 Å². The fourth-order valence-corrected chi connectivity index (χ4v) is 2.86. The normalized spacial score (nSPS) is 31.1. The monoisotopic (exact) mass is 254 g/mol. The molecule has 18 heavy (non-hydrogen) atoms. The van der Waals surface area contributed by atoms with Crippen LogP contribution in [0.1, 0.15) is 33.1 Å². The maximum atomic E-state index is 11.9. The summed E-state index contributed by atoms with van der Waals surface area (Å²) in [7, 11) is 0. The fraction of sp³-hybridized carbons (Fsp3) is 0.846. The van der Waals surface area contributed by atoms with Crippen LogP contribution in [-0.4, -0.2) is 47.6 Å². The second-order valence-electron chi connectivity index (χ2n) is 6.18. The molecule has 3 aliphatic rings. The Balaban J connectivity index is 1.86. The molecule has 0 saturated carbocycles. The summed E-state index contributed by atoms with van der Waals surface area (Å²) in [4.78, 5) is 25.3. The van der Waals surface area contributed by atoms with Gasteiger partial charge in [0.15, 0.2) is 0 Å². The molecule has 2 N–H and O–H groups in total. The Labute approximate surface area is 108 Å². The van der Waals surface area contributed by atoms with Crippen molar-refractivity contribution in [3.05, 3.63) is 0 Å². The summed E-state index contributed by atoms with van der Waals surface area (Å²) < 4.78 is 0. The lowest BCUT2D eigenvalue weighted by atomic mass is 9.83. The standard InChI is InChI=1S/C13H22N2O3/c1-13(2,12(17)18)7-11(16)14-10-8-15-5-3-9(10)4-6-15/h9-10H,3-8H2,1-2H3,(H,14,16)(H,17,18). The number of amides is 1. The van der Waals surface area contributed by atoms with Crippen molar-refractivity contribution in [1.29, 1.82) is 0 Å². The predicted molar refractivity (Wildman–Crippen MR) is 67.1 cm³/mol. The van der Waals surface area contributed by atoms with E-state index in [1.54, 1.807) is 13.8 Å². The summed E-state index contributed by atoms with van der Waals surface area (Å²) in [6.45, 7) is 6.37.